The Hall–Kier alpha value is -3.29. The number of nitrogens with one attached hydrogen (secondary N) is 1. The Morgan fingerprint density at radius 1 is 1.09 bits per heavy atom. The highest BCUT2D eigenvalue weighted by Crippen LogP contribution is 2.32. The Kier molecular flexibility index (Phi) is 7.55. The number of anilines is 1. The maximum Gasteiger partial charge on any atom is 0.234 e. The van der Waals surface area contributed by atoms with Gasteiger partial charge in [-0.05, 0) is 42.7 Å². The molecule has 8 heteroatoms. The largest absolute Gasteiger partial charge is 0.495 e. The average Bonchev–Trinajstić information content (AvgIpc) is 3.28. The van der Waals surface area contributed by atoms with E-state index in [1.165, 1.54) is 11.8 Å². The molecule has 34 heavy (non-hydrogen) atoms. The molecule has 3 aromatic carbocycles. The van der Waals surface area contributed by atoms with Gasteiger partial charge in [0.15, 0.2) is 11.0 Å². The topological polar surface area (TPSA) is 69.0 Å². The number of thioether (sulfide) groups is 1. The van der Waals surface area contributed by atoms with Gasteiger partial charge >= 0.3 is 0 Å². The number of carbonyl (C=O) groups excluding carboxylic acids is 1. The Bertz CT molecular complexity index is 1310. The smallest absolute Gasteiger partial charge is 0.234 e. The van der Waals surface area contributed by atoms with E-state index in [0.717, 1.165) is 34.5 Å². The first kappa shape index (κ1) is 23.9. The van der Waals surface area contributed by atoms with E-state index < -0.39 is 0 Å². The summed E-state index contributed by atoms with van der Waals surface area (Å²) in [5.41, 5.74) is 4.72. The molecule has 4 aromatic rings. The second-order valence-electron chi connectivity index (χ2n) is 7.63. The van der Waals surface area contributed by atoms with Gasteiger partial charge in [0.05, 0.1) is 23.6 Å². The Balaban J connectivity index is 1.63. The molecular weight excluding hydrogens is 468 g/mol. The number of rotatable bonds is 8. The normalized spacial score (nSPS) is 10.8. The van der Waals surface area contributed by atoms with Gasteiger partial charge < -0.3 is 10.1 Å². The first-order chi connectivity index (χ1) is 16.5. The van der Waals surface area contributed by atoms with Crippen LogP contribution in [0.5, 0.6) is 5.75 Å². The third-order valence-electron chi connectivity index (χ3n) is 5.40. The highest BCUT2D eigenvalue weighted by Gasteiger charge is 2.19. The SMILES string of the molecule is CCc1cccc(C)c1NC(=O)CSc1nnc(-c2ccccc2)n1-c1ccc(OC)c(Cl)c1. The summed E-state index contributed by atoms with van der Waals surface area (Å²) >= 11 is 7.73. The van der Waals surface area contributed by atoms with E-state index in [4.69, 9.17) is 16.3 Å². The van der Waals surface area contributed by atoms with Gasteiger partial charge in [-0.25, -0.2) is 0 Å². The molecule has 4 rings (SSSR count). The molecule has 0 aliphatic rings. The molecule has 1 heterocycles. The minimum atomic E-state index is -0.0995. The van der Waals surface area contributed by atoms with Crippen LogP contribution in [0.15, 0.2) is 71.9 Å². The third kappa shape index (κ3) is 5.11. The first-order valence-electron chi connectivity index (χ1n) is 10.9. The number of benzene rings is 3. The number of para-hydroxylation sites is 1. The lowest BCUT2D eigenvalue weighted by atomic mass is 10.1. The van der Waals surface area contributed by atoms with Crippen molar-refractivity contribution in [2.45, 2.75) is 25.4 Å². The van der Waals surface area contributed by atoms with Crippen LogP contribution in [0.25, 0.3) is 17.1 Å². The Labute approximate surface area is 208 Å². The van der Waals surface area contributed by atoms with E-state index in [2.05, 4.69) is 22.4 Å². The monoisotopic (exact) mass is 492 g/mol. The van der Waals surface area contributed by atoms with Crippen LogP contribution in [-0.2, 0) is 11.2 Å². The van der Waals surface area contributed by atoms with Crippen molar-refractivity contribution in [1.29, 1.82) is 0 Å². The van der Waals surface area contributed by atoms with Crippen molar-refractivity contribution in [2.75, 3.05) is 18.2 Å². The van der Waals surface area contributed by atoms with Crippen molar-refractivity contribution >= 4 is 35.0 Å². The van der Waals surface area contributed by atoms with Crippen molar-refractivity contribution in [2.24, 2.45) is 0 Å². The molecule has 0 aliphatic carbocycles. The fourth-order valence-electron chi connectivity index (χ4n) is 3.67. The van der Waals surface area contributed by atoms with Crippen LogP contribution in [-0.4, -0.2) is 33.5 Å². The van der Waals surface area contributed by atoms with Gasteiger partial charge in [-0.2, -0.15) is 0 Å². The molecule has 0 aliphatic heterocycles. The highest BCUT2D eigenvalue weighted by atomic mass is 35.5. The number of nitrogens with zero attached hydrogens (tertiary/aromatic N) is 3. The molecule has 6 nitrogen and oxygen atoms in total. The van der Waals surface area contributed by atoms with Crippen molar-refractivity contribution in [3.8, 4) is 22.8 Å². The molecule has 0 atom stereocenters. The lowest BCUT2D eigenvalue weighted by Gasteiger charge is -2.14. The zero-order chi connectivity index (χ0) is 24.1. The molecular formula is C26H25ClN4O2S. The number of aromatic nitrogens is 3. The van der Waals surface area contributed by atoms with Crippen LogP contribution in [0, 0.1) is 6.92 Å². The lowest BCUT2D eigenvalue weighted by molar-refractivity contribution is -0.113. The van der Waals surface area contributed by atoms with Crippen LogP contribution in [0.3, 0.4) is 0 Å². The molecule has 0 fully saturated rings. The van der Waals surface area contributed by atoms with E-state index in [-0.39, 0.29) is 11.7 Å². The molecule has 0 radical (unpaired) electrons. The van der Waals surface area contributed by atoms with E-state index >= 15 is 0 Å². The van der Waals surface area contributed by atoms with Crippen LogP contribution < -0.4 is 10.1 Å². The maximum absolute atomic E-state index is 12.8. The summed E-state index contributed by atoms with van der Waals surface area (Å²) in [6, 6.07) is 21.3. The average molecular weight is 493 g/mol. The Morgan fingerprint density at radius 3 is 2.59 bits per heavy atom. The van der Waals surface area contributed by atoms with Gasteiger partial charge in [0.1, 0.15) is 5.75 Å². The molecule has 174 valence electrons. The van der Waals surface area contributed by atoms with Crippen molar-refractivity contribution in [3.05, 3.63) is 82.9 Å². The molecule has 1 N–H and O–H groups in total. The highest BCUT2D eigenvalue weighted by molar-refractivity contribution is 7.99. The predicted octanol–water partition coefficient (Wildman–Crippen LogP) is 6.20. The van der Waals surface area contributed by atoms with E-state index in [9.17, 15) is 4.79 Å². The van der Waals surface area contributed by atoms with Crippen LogP contribution in [0.2, 0.25) is 5.02 Å². The minimum Gasteiger partial charge on any atom is -0.495 e. The summed E-state index contributed by atoms with van der Waals surface area (Å²) in [5.74, 6) is 1.33. The van der Waals surface area contributed by atoms with Crippen LogP contribution >= 0.6 is 23.4 Å². The number of hydrogen-bond acceptors (Lipinski definition) is 5. The van der Waals surface area contributed by atoms with Gasteiger partial charge in [-0.15, -0.1) is 10.2 Å². The van der Waals surface area contributed by atoms with E-state index in [0.29, 0.717) is 21.8 Å². The van der Waals surface area contributed by atoms with E-state index in [1.807, 2.05) is 66.1 Å². The number of methoxy groups -OCH3 is 1. The summed E-state index contributed by atoms with van der Waals surface area (Å²) in [6.45, 7) is 4.07. The summed E-state index contributed by atoms with van der Waals surface area (Å²) in [7, 11) is 1.58. The predicted molar refractivity (Wildman–Crippen MR) is 138 cm³/mol. The summed E-state index contributed by atoms with van der Waals surface area (Å²) in [6.07, 6.45) is 0.845. The lowest BCUT2D eigenvalue weighted by Crippen LogP contribution is -2.16. The maximum atomic E-state index is 12.8. The van der Waals surface area contributed by atoms with Gasteiger partial charge in [0.25, 0.3) is 0 Å². The second kappa shape index (κ2) is 10.8. The van der Waals surface area contributed by atoms with Gasteiger partial charge in [-0.3, -0.25) is 9.36 Å². The van der Waals surface area contributed by atoms with Crippen LogP contribution in [0.1, 0.15) is 18.1 Å². The van der Waals surface area contributed by atoms with Crippen molar-refractivity contribution in [1.82, 2.24) is 14.8 Å². The zero-order valence-corrected chi connectivity index (χ0v) is 20.8. The minimum absolute atomic E-state index is 0.0995. The fourth-order valence-corrected chi connectivity index (χ4v) is 4.68. The summed E-state index contributed by atoms with van der Waals surface area (Å²) in [4.78, 5) is 12.8. The molecule has 1 amide bonds. The standard InChI is InChI=1S/C26H25ClN4O2S/c1-4-18-12-8-9-17(2)24(18)28-23(32)16-34-26-30-29-25(19-10-6-5-7-11-19)31(26)20-13-14-22(33-3)21(27)15-20/h5-15H,4,16H2,1-3H3,(H,28,32). The van der Waals surface area contributed by atoms with Gasteiger partial charge in [-0.1, -0.05) is 78.8 Å². The zero-order valence-electron chi connectivity index (χ0n) is 19.2. The fraction of sp³-hybridized carbons (Fsp3) is 0.192. The van der Waals surface area contributed by atoms with Crippen molar-refractivity contribution in [3.63, 3.8) is 0 Å². The molecule has 0 spiro atoms. The van der Waals surface area contributed by atoms with Gasteiger partial charge in [0, 0.05) is 11.3 Å². The number of hydrogen-bond donors (Lipinski definition) is 1. The van der Waals surface area contributed by atoms with E-state index in [1.54, 1.807) is 19.2 Å². The molecule has 0 bridgehead atoms. The number of amides is 1. The first-order valence-corrected chi connectivity index (χ1v) is 12.2. The van der Waals surface area contributed by atoms with Crippen molar-refractivity contribution < 1.29 is 9.53 Å². The number of aryl methyl sites for hydroxylation is 2. The summed E-state index contributed by atoms with van der Waals surface area (Å²) in [5, 5.41) is 13.0. The van der Waals surface area contributed by atoms with Crippen LogP contribution in [0.4, 0.5) is 5.69 Å². The second-order valence-corrected chi connectivity index (χ2v) is 8.98. The quantitative estimate of drug-likeness (QED) is 0.297. The third-order valence-corrected chi connectivity index (χ3v) is 6.62. The molecule has 0 saturated carbocycles. The Morgan fingerprint density at radius 2 is 1.88 bits per heavy atom. The number of carbonyl (C=O) groups is 1. The number of ether oxygens (including phenoxy) is 1. The number of halogens is 1. The summed E-state index contributed by atoms with van der Waals surface area (Å²) < 4.78 is 7.20. The van der Waals surface area contributed by atoms with Gasteiger partial charge in [0.2, 0.25) is 5.91 Å². The molecule has 0 saturated heterocycles. The molecule has 0 unspecified atom stereocenters. The molecule has 1 aromatic heterocycles.